The highest BCUT2D eigenvalue weighted by atomic mass is 15.2. The molecule has 0 unspecified atom stereocenters. The first kappa shape index (κ1) is 20.2. The molecule has 0 bridgehead atoms. The van der Waals surface area contributed by atoms with Gasteiger partial charge in [0.2, 0.25) is 0 Å². The van der Waals surface area contributed by atoms with Gasteiger partial charge in [-0.25, -0.2) is 19.9 Å². The van der Waals surface area contributed by atoms with Crippen molar-refractivity contribution in [3.63, 3.8) is 0 Å². The number of anilines is 1. The van der Waals surface area contributed by atoms with E-state index in [1.165, 1.54) is 43.4 Å². The van der Waals surface area contributed by atoms with E-state index in [2.05, 4.69) is 32.8 Å². The van der Waals surface area contributed by atoms with Gasteiger partial charge in [0, 0.05) is 55.8 Å². The molecule has 2 fully saturated rings. The second-order valence-corrected chi connectivity index (χ2v) is 8.60. The Bertz CT molecular complexity index is 776. The third-order valence-corrected chi connectivity index (χ3v) is 6.24. The van der Waals surface area contributed by atoms with E-state index < -0.39 is 0 Å². The fourth-order valence-electron chi connectivity index (χ4n) is 4.55. The molecular weight excluding hydrogens is 360 g/mol. The van der Waals surface area contributed by atoms with Crippen LogP contribution in [0.2, 0.25) is 0 Å². The Kier molecular flexibility index (Phi) is 6.70. The summed E-state index contributed by atoms with van der Waals surface area (Å²) in [5.74, 6) is 3.70. The first-order chi connectivity index (χ1) is 14.2. The summed E-state index contributed by atoms with van der Waals surface area (Å²) in [7, 11) is 0. The zero-order valence-electron chi connectivity index (χ0n) is 18.0. The predicted octanol–water partition coefficient (Wildman–Crippen LogP) is 3.58. The van der Waals surface area contributed by atoms with E-state index in [9.17, 15) is 0 Å². The molecule has 0 radical (unpaired) electrons. The molecule has 2 saturated heterocycles. The fraction of sp³-hybridized carbons (Fsp3) is 0.652. The molecule has 156 valence electrons. The predicted molar refractivity (Wildman–Crippen MR) is 116 cm³/mol. The van der Waals surface area contributed by atoms with Crippen molar-refractivity contribution in [3.8, 4) is 0 Å². The normalized spacial score (nSPS) is 18.9. The maximum absolute atomic E-state index is 4.76. The number of nitrogens with zero attached hydrogens (tertiary/aromatic N) is 6. The molecule has 0 atom stereocenters. The zero-order chi connectivity index (χ0) is 20.1. The maximum atomic E-state index is 4.76. The van der Waals surface area contributed by atoms with Crippen molar-refractivity contribution in [2.24, 2.45) is 5.92 Å². The van der Waals surface area contributed by atoms with Crippen LogP contribution in [0.4, 0.5) is 5.82 Å². The van der Waals surface area contributed by atoms with Gasteiger partial charge in [-0.3, -0.25) is 4.90 Å². The van der Waals surface area contributed by atoms with Crippen LogP contribution in [0.15, 0.2) is 18.5 Å². The Labute approximate surface area is 174 Å². The topological polar surface area (TPSA) is 58.0 Å². The third-order valence-electron chi connectivity index (χ3n) is 6.24. The SMILES string of the molecule is CCc1ncc(CN2CCC(Cc3cc(N4CCCCC4)nc(C)n3)CC2)cn1. The molecule has 0 aliphatic carbocycles. The number of aryl methyl sites for hydroxylation is 2. The fourth-order valence-corrected chi connectivity index (χ4v) is 4.55. The van der Waals surface area contributed by atoms with Crippen molar-refractivity contribution in [1.82, 2.24) is 24.8 Å². The smallest absolute Gasteiger partial charge is 0.132 e. The van der Waals surface area contributed by atoms with E-state index in [4.69, 9.17) is 9.97 Å². The molecule has 0 saturated carbocycles. The molecule has 29 heavy (non-hydrogen) atoms. The molecule has 0 N–H and O–H groups in total. The minimum absolute atomic E-state index is 0.716. The second-order valence-electron chi connectivity index (χ2n) is 8.60. The Morgan fingerprint density at radius 3 is 2.38 bits per heavy atom. The van der Waals surface area contributed by atoms with Crippen molar-refractivity contribution in [1.29, 1.82) is 0 Å². The first-order valence-corrected chi connectivity index (χ1v) is 11.3. The summed E-state index contributed by atoms with van der Waals surface area (Å²) < 4.78 is 0. The van der Waals surface area contributed by atoms with E-state index in [-0.39, 0.29) is 0 Å². The molecule has 6 nitrogen and oxygen atoms in total. The van der Waals surface area contributed by atoms with Crippen molar-refractivity contribution in [2.45, 2.75) is 65.3 Å². The van der Waals surface area contributed by atoms with E-state index in [0.29, 0.717) is 5.92 Å². The Hall–Kier alpha value is -2.08. The summed E-state index contributed by atoms with van der Waals surface area (Å²) in [4.78, 5) is 23.3. The van der Waals surface area contributed by atoms with E-state index >= 15 is 0 Å². The average Bonchev–Trinajstić information content (AvgIpc) is 2.76. The number of piperidine rings is 2. The van der Waals surface area contributed by atoms with Crippen LogP contribution in [0.1, 0.15) is 61.9 Å². The lowest BCUT2D eigenvalue weighted by Crippen LogP contribution is -2.34. The van der Waals surface area contributed by atoms with Gasteiger partial charge in [0.15, 0.2) is 0 Å². The van der Waals surface area contributed by atoms with Crippen LogP contribution in [0.5, 0.6) is 0 Å². The quantitative estimate of drug-likeness (QED) is 0.746. The van der Waals surface area contributed by atoms with Crippen molar-refractivity contribution in [2.75, 3.05) is 31.1 Å². The molecule has 0 spiro atoms. The van der Waals surface area contributed by atoms with Crippen molar-refractivity contribution < 1.29 is 0 Å². The molecule has 2 aliphatic heterocycles. The van der Waals surface area contributed by atoms with Gasteiger partial charge >= 0.3 is 0 Å². The summed E-state index contributed by atoms with van der Waals surface area (Å²) in [6.07, 6.45) is 12.3. The lowest BCUT2D eigenvalue weighted by molar-refractivity contribution is 0.176. The van der Waals surface area contributed by atoms with Gasteiger partial charge in [-0.1, -0.05) is 6.92 Å². The van der Waals surface area contributed by atoms with Gasteiger partial charge in [0.25, 0.3) is 0 Å². The van der Waals surface area contributed by atoms with E-state index in [1.807, 2.05) is 19.3 Å². The van der Waals surface area contributed by atoms with Crippen LogP contribution in [-0.2, 0) is 19.4 Å². The molecular formula is C23H34N6. The van der Waals surface area contributed by atoms with Crippen LogP contribution in [0.3, 0.4) is 0 Å². The largest absolute Gasteiger partial charge is 0.357 e. The van der Waals surface area contributed by atoms with E-state index in [0.717, 1.165) is 63.0 Å². The Morgan fingerprint density at radius 1 is 0.966 bits per heavy atom. The molecule has 4 rings (SSSR count). The van der Waals surface area contributed by atoms with Crippen molar-refractivity contribution >= 4 is 5.82 Å². The highest BCUT2D eigenvalue weighted by molar-refractivity contribution is 5.40. The average molecular weight is 395 g/mol. The minimum Gasteiger partial charge on any atom is -0.357 e. The van der Waals surface area contributed by atoms with Gasteiger partial charge in [0.1, 0.15) is 17.5 Å². The number of aromatic nitrogens is 4. The molecule has 4 heterocycles. The summed E-state index contributed by atoms with van der Waals surface area (Å²) in [6.45, 7) is 9.64. The van der Waals surface area contributed by atoms with Crippen LogP contribution < -0.4 is 4.90 Å². The summed E-state index contributed by atoms with van der Waals surface area (Å²) >= 11 is 0. The van der Waals surface area contributed by atoms with Crippen molar-refractivity contribution in [3.05, 3.63) is 41.4 Å². The molecule has 6 heteroatoms. The number of hydrogen-bond donors (Lipinski definition) is 0. The maximum Gasteiger partial charge on any atom is 0.132 e. The second kappa shape index (κ2) is 9.61. The van der Waals surface area contributed by atoms with Crippen LogP contribution >= 0.6 is 0 Å². The number of hydrogen-bond acceptors (Lipinski definition) is 6. The lowest BCUT2D eigenvalue weighted by atomic mass is 9.92. The Balaban J connectivity index is 1.30. The number of likely N-dealkylation sites (tertiary alicyclic amines) is 1. The van der Waals surface area contributed by atoms with Crippen LogP contribution in [-0.4, -0.2) is 51.0 Å². The first-order valence-electron chi connectivity index (χ1n) is 11.3. The zero-order valence-corrected chi connectivity index (χ0v) is 18.0. The van der Waals surface area contributed by atoms with Gasteiger partial charge in [-0.2, -0.15) is 0 Å². The standard InChI is InChI=1S/C23H34N6/c1-3-22-24-15-20(16-25-22)17-28-11-7-19(8-12-28)13-21-14-23(27-18(2)26-21)29-9-5-4-6-10-29/h14-16,19H,3-13,17H2,1-2H3. The van der Waals surface area contributed by atoms with Gasteiger partial charge in [-0.05, 0) is 64.5 Å². The van der Waals surface area contributed by atoms with Crippen LogP contribution in [0.25, 0.3) is 0 Å². The minimum atomic E-state index is 0.716. The van der Waals surface area contributed by atoms with Crippen LogP contribution in [0, 0.1) is 12.8 Å². The summed E-state index contributed by atoms with van der Waals surface area (Å²) in [5, 5.41) is 0. The molecule has 2 aliphatic rings. The van der Waals surface area contributed by atoms with Gasteiger partial charge < -0.3 is 4.90 Å². The van der Waals surface area contributed by atoms with E-state index in [1.54, 1.807) is 0 Å². The summed E-state index contributed by atoms with van der Waals surface area (Å²) in [5.41, 5.74) is 2.44. The molecule has 0 amide bonds. The number of rotatable bonds is 6. The highest BCUT2D eigenvalue weighted by Crippen LogP contribution is 2.24. The lowest BCUT2D eigenvalue weighted by Gasteiger charge is -2.32. The Morgan fingerprint density at radius 2 is 1.69 bits per heavy atom. The highest BCUT2D eigenvalue weighted by Gasteiger charge is 2.21. The summed E-state index contributed by atoms with van der Waals surface area (Å²) in [6, 6.07) is 2.25. The van der Waals surface area contributed by atoms with Gasteiger partial charge in [-0.15, -0.1) is 0 Å². The molecule has 2 aromatic rings. The molecule has 2 aromatic heterocycles. The monoisotopic (exact) mass is 394 g/mol. The third kappa shape index (κ3) is 5.50. The van der Waals surface area contributed by atoms with Gasteiger partial charge in [0.05, 0.1) is 0 Å². The molecule has 0 aromatic carbocycles.